The molecule has 0 amide bonds. The summed E-state index contributed by atoms with van der Waals surface area (Å²) in [7, 11) is -4.77. The van der Waals surface area contributed by atoms with Crippen LogP contribution in [0.4, 0.5) is 0 Å². The normalized spacial score (nSPS) is 14.2. The van der Waals surface area contributed by atoms with Crippen molar-refractivity contribution in [3.63, 3.8) is 0 Å². The van der Waals surface area contributed by atoms with Crippen molar-refractivity contribution in [2.75, 3.05) is 19.8 Å². The summed E-state index contributed by atoms with van der Waals surface area (Å²) >= 11 is 0. The predicted octanol–water partition coefficient (Wildman–Crippen LogP) is 9.40. The summed E-state index contributed by atoms with van der Waals surface area (Å²) in [6, 6.07) is -1.55. The molecule has 4 N–H and O–H groups in total. The molecule has 310 valence electrons. The van der Waals surface area contributed by atoms with Crippen molar-refractivity contribution in [3.8, 4) is 0 Å². The SMILES string of the molecule is CCCCC/C=C\C/C=C\C/C=C\C=C\C(=O)CCCC(=O)OC[C@H](COP(=O)(O)OC[C@H](N)C(=O)O)OC(=O)CCCCCCCCCCCCCC. The molecule has 54 heavy (non-hydrogen) atoms. The number of rotatable bonds is 37. The van der Waals surface area contributed by atoms with Crippen LogP contribution in [0.2, 0.25) is 0 Å². The van der Waals surface area contributed by atoms with Gasteiger partial charge in [-0.1, -0.05) is 140 Å². The second kappa shape index (κ2) is 35.8. The highest BCUT2D eigenvalue weighted by Gasteiger charge is 2.28. The molecule has 1 unspecified atom stereocenters. The summed E-state index contributed by atoms with van der Waals surface area (Å²) in [6.07, 6.45) is 34.8. The number of carboxylic acid groups (broad SMARTS) is 1. The minimum atomic E-state index is -4.77. The van der Waals surface area contributed by atoms with Crippen molar-refractivity contribution in [2.24, 2.45) is 5.73 Å². The fourth-order valence-corrected chi connectivity index (χ4v) is 5.85. The van der Waals surface area contributed by atoms with Gasteiger partial charge in [-0.2, -0.15) is 0 Å². The fourth-order valence-electron chi connectivity index (χ4n) is 5.08. The highest BCUT2D eigenvalue weighted by molar-refractivity contribution is 7.47. The number of hydrogen-bond donors (Lipinski definition) is 3. The molecule has 0 aromatic heterocycles. The third-order valence-electron chi connectivity index (χ3n) is 8.31. The Hall–Kier alpha value is -2.89. The van der Waals surface area contributed by atoms with Crippen LogP contribution in [-0.2, 0) is 42.3 Å². The van der Waals surface area contributed by atoms with E-state index in [4.69, 9.17) is 24.8 Å². The quantitative estimate of drug-likeness (QED) is 0.0135. The predicted molar refractivity (Wildman–Crippen MR) is 213 cm³/mol. The van der Waals surface area contributed by atoms with E-state index in [-0.39, 0.29) is 31.5 Å². The minimum Gasteiger partial charge on any atom is -0.480 e. The van der Waals surface area contributed by atoms with E-state index in [2.05, 4.69) is 42.7 Å². The first-order valence-corrected chi connectivity index (χ1v) is 21.6. The summed E-state index contributed by atoms with van der Waals surface area (Å²) in [5, 5.41) is 8.86. The number of hydrogen-bond acceptors (Lipinski definition) is 10. The fraction of sp³-hybridized carbons (Fsp3) is 0.707. The number of ether oxygens (including phenoxy) is 2. The smallest absolute Gasteiger partial charge is 0.472 e. The molecule has 0 rings (SSSR count). The number of aliphatic carboxylic acids is 1. The van der Waals surface area contributed by atoms with Crippen molar-refractivity contribution in [2.45, 2.75) is 167 Å². The summed E-state index contributed by atoms with van der Waals surface area (Å²) in [6.45, 7) is 2.50. The van der Waals surface area contributed by atoms with Gasteiger partial charge in [0.25, 0.3) is 0 Å². The van der Waals surface area contributed by atoms with Crippen LogP contribution in [0.25, 0.3) is 0 Å². The minimum absolute atomic E-state index is 0.0671. The lowest BCUT2D eigenvalue weighted by Crippen LogP contribution is -2.34. The first kappa shape index (κ1) is 51.1. The lowest BCUT2D eigenvalue weighted by molar-refractivity contribution is -0.161. The molecule has 0 spiro atoms. The van der Waals surface area contributed by atoms with Gasteiger partial charge in [0.1, 0.15) is 12.6 Å². The van der Waals surface area contributed by atoms with Crippen molar-refractivity contribution in [1.82, 2.24) is 0 Å². The maximum absolute atomic E-state index is 12.6. The van der Waals surface area contributed by atoms with Gasteiger partial charge in [0.2, 0.25) is 0 Å². The number of allylic oxidation sites excluding steroid dienone is 8. The van der Waals surface area contributed by atoms with E-state index in [0.29, 0.717) is 6.42 Å². The first-order valence-electron chi connectivity index (χ1n) is 20.1. The molecule has 0 aliphatic carbocycles. The Labute approximate surface area is 324 Å². The van der Waals surface area contributed by atoms with Crippen molar-refractivity contribution < 1.29 is 52.3 Å². The molecule has 0 aromatic rings. The topological polar surface area (TPSA) is 189 Å². The lowest BCUT2D eigenvalue weighted by Gasteiger charge is -2.20. The van der Waals surface area contributed by atoms with Crippen LogP contribution in [-0.4, -0.2) is 65.7 Å². The second-order valence-electron chi connectivity index (χ2n) is 13.5. The number of nitrogens with two attached hydrogens (primary N) is 1. The molecular weight excluding hydrogens is 713 g/mol. The number of carbonyl (C=O) groups excluding carboxylic acids is 3. The standard InChI is InChI=1S/C41H70NO11P/c1-3-5-7-9-11-13-15-17-18-20-22-24-26-29-36(43)30-28-32-39(44)50-33-37(34-51-54(48,49)52-35-38(42)41(46)47)53-40(45)31-27-25-23-21-19-16-14-12-10-8-6-4-2/h11,13,17-18,22,24,26,29,37-38H,3-10,12,14-16,19-21,23,25,27-28,30-35,42H2,1-2H3,(H,46,47)(H,48,49)/b13-11-,18-17-,24-22-,29-26+/t37-,38+/m1/s1. The zero-order valence-corrected chi connectivity index (χ0v) is 33.9. The van der Waals surface area contributed by atoms with Crippen molar-refractivity contribution in [1.29, 1.82) is 0 Å². The van der Waals surface area contributed by atoms with Gasteiger partial charge in [-0.3, -0.25) is 28.2 Å². The Morgan fingerprint density at radius 3 is 1.80 bits per heavy atom. The van der Waals surface area contributed by atoms with E-state index < -0.39 is 57.7 Å². The molecule has 0 aliphatic heterocycles. The van der Waals surface area contributed by atoms with Crippen molar-refractivity contribution >= 4 is 31.5 Å². The van der Waals surface area contributed by atoms with Crippen molar-refractivity contribution in [3.05, 3.63) is 48.6 Å². The third kappa shape index (κ3) is 34.9. The van der Waals surface area contributed by atoms with Gasteiger partial charge in [-0.15, -0.1) is 0 Å². The van der Waals surface area contributed by atoms with Gasteiger partial charge >= 0.3 is 25.7 Å². The molecule has 12 nitrogen and oxygen atoms in total. The lowest BCUT2D eigenvalue weighted by atomic mass is 10.0. The number of carboxylic acids is 1. The van der Waals surface area contributed by atoms with Crippen LogP contribution >= 0.6 is 7.82 Å². The Morgan fingerprint density at radius 1 is 0.630 bits per heavy atom. The van der Waals surface area contributed by atoms with Gasteiger partial charge in [-0.05, 0) is 44.6 Å². The van der Waals surface area contributed by atoms with Crippen LogP contribution in [0.15, 0.2) is 48.6 Å². The van der Waals surface area contributed by atoms with Crippen LogP contribution in [0.5, 0.6) is 0 Å². The largest absolute Gasteiger partial charge is 0.480 e. The number of ketones is 1. The number of esters is 2. The maximum Gasteiger partial charge on any atom is 0.472 e. The zero-order valence-electron chi connectivity index (χ0n) is 33.0. The van der Waals surface area contributed by atoms with E-state index in [1.807, 2.05) is 6.08 Å². The molecule has 0 bridgehead atoms. The summed E-state index contributed by atoms with van der Waals surface area (Å²) in [5.74, 6) is -2.81. The highest BCUT2D eigenvalue weighted by Crippen LogP contribution is 2.43. The Kier molecular flexibility index (Phi) is 33.9. The van der Waals surface area contributed by atoms with E-state index in [1.165, 1.54) is 76.7 Å². The Bertz CT molecular complexity index is 1170. The Morgan fingerprint density at radius 2 is 1.17 bits per heavy atom. The molecular formula is C41H70NO11P. The average Bonchev–Trinajstić information content (AvgIpc) is 3.14. The molecule has 0 aromatic carbocycles. The monoisotopic (exact) mass is 783 g/mol. The van der Waals surface area contributed by atoms with Gasteiger partial charge in [0.15, 0.2) is 11.9 Å². The molecule has 13 heteroatoms. The number of phosphoric ester groups is 1. The Balaban J connectivity index is 4.61. The molecule has 0 heterocycles. The number of unbranched alkanes of at least 4 members (excludes halogenated alkanes) is 14. The summed E-state index contributed by atoms with van der Waals surface area (Å²) in [4.78, 5) is 57.9. The van der Waals surface area contributed by atoms with E-state index >= 15 is 0 Å². The summed E-state index contributed by atoms with van der Waals surface area (Å²) in [5.41, 5.74) is 5.30. The maximum atomic E-state index is 12.6. The van der Waals surface area contributed by atoms with Gasteiger partial charge in [0, 0.05) is 19.3 Å². The van der Waals surface area contributed by atoms with Crippen LogP contribution in [0, 0.1) is 0 Å². The van der Waals surface area contributed by atoms with Gasteiger partial charge in [-0.25, -0.2) is 4.57 Å². The van der Waals surface area contributed by atoms with E-state index in [0.717, 1.165) is 38.5 Å². The average molecular weight is 784 g/mol. The third-order valence-corrected chi connectivity index (χ3v) is 9.26. The number of phosphoric acid groups is 1. The van der Waals surface area contributed by atoms with E-state index in [9.17, 15) is 28.6 Å². The molecule has 3 atom stereocenters. The van der Waals surface area contributed by atoms with Crippen LogP contribution in [0.3, 0.4) is 0 Å². The zero-order chi connectivity index (χ0) is 40.1. The van der Waals surface area contributed by atoms with Gasteiger partial charge < -0.3 is 25.2 Å². The van der Waals surface area contributed by atoms with Crippen LogP contribution < -0.4 is 5.73 Å². The van der Waals surface area contributed by atoms with E-state index in [1.54, 1.807) is 12.2 Å². The molecule has 0 saturated carbocycles. The first-order chi connectivity index (χ1) is 26.0. The molecule has 0 fully saturated rings. The second-order valence-corrected chi connectivity index (χ2v) is 14.9. The molecule has 0 radical (unpaired) electrons. The van der Waals surface area contributed by atoms with Crippen LogP contribution in [0.1, 0.15) is 155 Å². The van der Waals surface area contributed by atoms with Gasteiger partial charge in [0.05, 0.1) is 13.2 Å². The molecule has 0 aliphatic rings. The highest BCUT2D eigenvalue weighted by atomic mass is 31.2. The summed E-state index contributed by atoms with van der Waals surface area (Å²) < 4.78 is 32.4. The number of carbonyl (C=O) groups is 4. The molecule has 0 saturated heterocycles.